The number of aliphatic imine (C=N–C) groups is 1. The van der Waals surface area contributed by atoms with Gasteiger partial charge in [0.1, 0.15) is 18.2 Å². The fourth-order valence-electron chi connectivity index (χ4n) is 5.55. The summed E-state index contributed by atoms with van der Waals surface area (Å²) in [5, 5.41) is 2.07. The Balaban J connectivity index is 1.10. The first-order valence-corrected chi connectivity index (χ1v) is 12.8. The van der Waals surface area contributed by atoms with E-state index in [0.29, 0.717) is 12.2 Å². The molecule has 3 aliphatic rings. The summed E-state index contributed by atoms with van der Waals surface area (Å²) in [5.41, 5.74) is 3.58. The van der Waals surface area contributed by atoms with Gasteiger partial charge in [-0.15, -0.1) is 0 Å². The highest BCUT2D eigenvalue weighted by molar-refractivity contribution is 6.06. The van der Waals surface area contributed by atoms with E-state index in [1.807, 2.05) is 35.4 Å². The Hall–Kier alpha value is -3.45. The number of hydrogen-bond donors (Lipinski definition) is 0. The van der Waals surface area contributed by atoms with E-state index in [2.05, 4.69) is 33.8 Å². The lowest BCUT2D eigenvalue weighted by Crippen LogP contribution is -2.47. The molecule has 6 rings (SSSR count). The lowest BCUT2D eigenvalue weighted by atomic mass is 10.0. The van der Waals surface area contributed by atoms with Gasteiger partial charge in [-0.25, -0.2) is 4.39 Å². The maximum atomic E-state index is 13.2. The van der Waals surface area contributed by atoms with Crippen molar-refractivity contribution < 1.29 is 13.9 Å². The van der Waals surface area contributed by atoms with Crippen molar-refractivity contribution in [3.63, 3.8) is 0 Å². The maximum absolute atomic E-state index is 13.2. The van der Waals surface area contributed by atoms with E-state index in [0.717, 1.165) is 85.6 Å². The number of anilines is 1. The van der Waals surface area contributed by atoms with Gasteiger partial charge in [-0.1, -0.05) is 0 Å². The highest BCUT2D eigenvalue weighted by atomic mass is 19.1. The van der Waals surface area contributed by atoms with Crippen LogP contribution in [-0.2, 0) is 0 Å². The molecule has 0 spiro atoms. The molecule has 36 heavy (non-hydrogen) atoms. The Morgan fingerprint density at radius 3 is 2.58 bits per heavy atom. The first-order chi connectivity index (χ1) is 17.5. The fraction of sp³-hybridized carbons (Fsp3) is 0.379. The van der Waals surface area contributed by atoms with E-state index in [1.165, 1.54) is 12.1 Å². The summed E-state index contributed by atoms with van der Waals surface area (Å²) in [6.07, 6.45) is 3.96. The van der Waals surface area contributed by atoms with Crippen LogP contribution in [-0.4, -0.2) is 73.8 Å². The zero-order valence-corrected chi connectivity index (χ0v) is 20.6. The quantitative estimate of drug-likeness (QED) is 0.520. The highest BCUT2D eigenvalue weighted by Crippen LogP contribution is 2.34. The molecular weight excluding hydrogens is 455 g/mol. The molecule has 2 saturated heterocycles. The van der Waals surface area contributed by atoms with Crippen LogP contribution in [0.15, 0.2) is 53.5 Å². The van der Waals surface area contributed by atoms with Gasteiger partial charge in [0.15, 0.2) is 0 Å². The number of halogens is 1. The molecule has 0 aromatic heterocycles. The minimum atomic E-state index is -0.200. The van der Waals surface area contributed by atoms with Crippen LogP contribution >= 0.6 is 0 Å². The van der Waals surface area contributed by atoms with E-state index in [4.69, 9.17) is 4.74 Å². The summed E-state index contributed by atoms with van der Waals surface area (Å²) in [7, 11) is 0. The number of nitrogens with zero attached hydrogens (tertiary/aromatic N) is 4. The second-order valence-electron chi connectivity index (χ2n) is 9.97. The predicted octanol–water partition coefficient (Wildman–Crippen LogP) is 4.81. The van der Waals surface area contributed by atoms with Gasteiger partial charge in [0.2, 0.25) is 0 Å². The zero-order chi connectivity index (χ0) is 24.6. The second kappa shape index (κ2) is 9.54. The van der Waals surface area contributed by atoms with Gasteiger partial charge in [0.25, 0.3) is 5.91 Å². The lowest BCUT2D eigenvalue weighted by Gasteiger charge is -2.36. The normalized spacial score (nSPS) is 19.9. The molecule has 0 radical (unpaired) electrons. The van der Waals surface area contributed by atoms with Gasteiger partial charge in [-0.2, -0.15) is 0 Å². The molecule has 1 atom stereocenters. The molecule has 0 saturated carbocycles. The minimum absolute atomic E-state index is 0.0784. The number of piperazine rings is 1. The van der Waals surface area contributed by atoms with Crippen LogP contribution in [0.5, 0.6) is 5.75 Å². The molecular formula is C29H31FN4O2. The van der Waals surface area contributed by atoms with Crippen LogP contribution in [0.2, 0.25) is 0 Å². The first kappa shape index (κ1) is 23.0. The molecule has 3 aromatic rings. The average Bonchev–Trinajstić information content (AvgIpc) is 3.32. The monoisotopic (exact) mass is 486 g/mol. The zero-order valence-electron chi connectivity index (χ0n) is 20.6. The molecule has 1 amide bonds. The third kappa shape index (κ3) is 4.44. The Kier molecular flexibility index (Phi) is 6.09. The molecule has 2 fully saturated rings. The molecule has 3 heterocycles. The molecule has 7 heteroatoms. The van der Waals surface area contributed by atoms with E-state index in [1.54, 1.807) is 0 Å². The van der Waals surface area contributed by atoms with Crippen LogP contribution in [0.4, 0.5) is 15.8 Å². The first-order valence-electron chi connectivity index (χ1n) is 12.8. The summed E-state index contributed by atoms with van der Waals surface area (Å²) in [6.45, 7) is 8.04. The largest absolute Gasteiger partial charge is 0.492 e. The van der Waals surface area contributed by atoms with E-state index < -0.39 is 0 Å². The number of benzene rings is 3. The van der Waals surface area contributed by atoms with Crippen LogP contribution in [0.3, 0.4) is 0 Å². The lowest BCUT2D eigenvalue weighted by molar-refractivity contribution is 0.0775. The van der Waals surface area contributed by atoms with Crippen LogP contribution in [0.25, 0.3) is 10.8 Å². The van der Waals surface area contributed by atoms with Crippen molar-refractivity contribution in [1.29, 1.82) is 0 Å². The summed E-state index contributed by atoms with van der Waals surface area (Å²) in [4.78, 5) is 24.5. The summed E-state index contributed by atoms with van der Waals surface area (Å²) in [6, 6.07) is 15.0. The third-order valence-corrected chi connectivity index (χ3v) is 7.65. The van der Waals surface area contributed by atoms with Crippen LogP contribution in [0, 0.1) is 12.7 Å². The van der Waals surface area contributed by atoms with Crippen molar-refractivity contribution in [3.05, 3.63) is 65.5 Å². The Morgan fingerprint density at radius 1 is 1.00 bits per heavy atom. The van der Waals surface area contributed by atoms with Crippen molar-refractivity contribution in [2.45, 2.75) is 25.8 Å². The molecule has 3 aliphatic heterocycles. The number of carbonyl (C=O) groups excluding carboxylic acids is 1. The van der Waals surface area contributed by atoms with Crippen molar-refractivity contribution in [1.82, 2.24) is 9.80 Å². The van der Waals surface area contributed by atoms with E-state index in [9.17, 15) is 9.18 Å². The Morgan fingerprint density at radius 2 is 1.78 bits per heavy atom. The predicted molar refractivity (Wildman–Crippen MR) is 141 cm³/mol. The molecule has 186 valence electrons. The van der Waals surface area contributed by atoms with Crippen molar-refractivity contribution >= 4 is 34.3 Å². The summed E-state index contributed by atoms with van der Waals surface area (Å²) in [5.74, 6) is 0.736. The average molecular weight is 487 g/mol. The van der Waals surface area contributed by atoms with E-state index in [-0.39, 0.29) is 17.8 Å². The number of rotatable bonds is 5. The SMILES string of the molecule is Cc1cc2cc3c(cc2cc1OCCN1CCN(c2ccc(F)cc2)CC1)C(=O)N1CCC[C@H]1C=N3. The van der Waals surface area contributed by atoms with Gasteiger partial charge in [-0.05, 0) is 84.6 Å². The smallest absolute Gasteiger partial charge is 0.256 e. The van der Waals surface area contributed by atoms with Crippen LogP contribution in [0.1, 0.15) is 28.8 Å². The fourth-order valence-corrected chi connectivity index (χ4v) is 5.55. The topological polar surface area (TPSA) is 48.4 Å². The molecule has 0 aliphatic carbocycles. The molecule has 0 N–H and O–H groups in total. The minimum Gasteiger partial charge on any atom is -0.492 e. The number of carbonyl (C=O) groups is 1. The molecule has 6 nitrogen and oxygen atoms in total. The molecule has 0 unspecified atom stereocenters. The summed E-state index contributed by atoms with van der Waals surface area (Å²) >= 11 is 0. The number of aryl methyl sites for hydroxylation is 1. The number of fused-ring (bicyclic) bond motifs is 3. The third-order valence-electron chi connectivity index (χ3n) is 7.65. The second-order valence-corrected chi connectivity index (χ2v) is 9.97. The number of hydrogen-bond acceptors (Lipinski definition) is 5. The maximum Gasteiger partial charge on any atom is 0.256 e. The molecule has 0 bridgehead atoms. The standard InChI is InChI=1S/C29H31FN4O2/c1-20-15-21-17-27-26(29(35)34-8-2-3-25(34)19-31-27)16-22(21)18-28(20)36-14-13-32-9-11-33(12-10-32)24-6-4-23(30)5-7-24/h4-7,15-19,25H,2-3,8-14H2,1H3/t25-/m0/s1. The number of amides is 1. The van der Waals surface area contributed by atoms with Crippen molar-refractivity contribution in [2.24, 2.45) is 4.99 Å². The van der Waals surface area contributed by atoms with Gasteiger partial charge in [0, 0.05) is 51.2 Å². The van der Waals surface area contributed by atoms with Crippen molar-refractivity contribution in [3.8, 4) is 5.75 Å². The van der Waals surface area contributed by atoms with Gasteiger partial charge < -0.3 is 14.5 Å². The van der Waals surface area contributed by atoms with Gasteiger partial charge >= 0.3 is 0 Å². The Labute approximate surface area is 211 Å². The highest BCUT2D eigenvalue weighted by Gasteiger charge is 2.31. The van der Waals surface area contributed by atoms with Gasteiger partial charge in [-0.3, -0.25) is 14.7 Å². The Bertz CT molecular complexity index is 1320. The summed E-state index contributed by atoms with van der Waals surface area (Å²) < 4.78 is 19.4. The van der Waals surface area contributed by atoms with Gasteiger partial charge in [0.05, 0.1) is 17.3 Å². The van der Waals surface area contributed by atoms with Crippen LogP contribution < -0.4 is 9.64 Å². The van der Waals surface area contributed by atoms with E-state index >= 15 is 0 Å². The van der Waals surface area contributed by atoms with Crippen molar-refractivity contribution in [2.75, 3.05) is 50.8 Å². The number of ether oxygens (including phenoxy) is 1. The molecule has 3 aromatic carbocycles.